The van der Waals surface area contributed by atoms with Crippen LogP contribution < -0.4 is 0 Å². The van der Waals surface area contributed by atoms with Crippen molar-refractivity contribution in [3.05, 3.63) is 77.9 Å². The Morgan fingerprint density at radius 2 is 1.66 bits per heavy atom. The number of fused-ring (bicyclic) bond motifs is 1. The molecule has 150 valence electrons. The lowest BCUT2D eigenvalue weighted by molar-refractivity contribution is -0.135. The van der Waals surface area contributed by atoms with Crippen LogP contribution >= 0.6 is 11.8 Å². The van der Waals surface area contributed by atoms with Crippen LogP contribution in [0.4, 0.5) is 0 Å². The van der Waals surface area contributed by atoms with E-state index in [1.165, 1.54) is 4.90 Å². The van der Waals surface area contributed by atoms with Gasteiger partial charge in [-0.1, -0.05) is 59.8 Å². The average Bonchev–Trinajstić information content (AvgIpc) is 2.77. The van der Waals surface area contributed by atoms with Crippen LogP contribution in [0.5, 0.6) is 0 Å². The molecule has 0 saturated carbocycles. The Balaban J connectivity index is 1.98. The Kier molecular flexibility index (Phi) is 7.30. The third-order valence-electron chi connectivity index (χ3n) is 4.87. The Labute approximate surface area is 176 Å². The number of nitrogens with zero attached hydrogens (tertiary/aromatic N) is 2. The Morgan fingerprint density at radius 3 is 2.34 bits per heavy atom. The number of likely N-dealkylation sites (N-methyl/N-ethyl adjacent to an activating group) is 1. The molecule has 0 bridgehead atoms. The van der Waals surface area contributed by atoms with Crippen molar-refractivity contribution in [3.63, 3.8) is 0 Å². The minimum absolute atomic E-state index is 0.0613. The normalized spacial score (nSPS) is 11.5. The van der Waals surface area contributed by atoms with E-state index in [1.54, 1.807) is 16.7 Å². The van der Waals surface area contributed by atoms with Crippen molar-refractivity contribution in [3.8, 4) is 0 Å². The Hall–Kier alpha value is -2.79. The molecule has 3 aromatic rings. The maximum Gasteiger partial charge on any atom is 0.263 e. The summed E-state index contributed by atoms with van der Waals surface area (Å²) >= 11 is 1.70. The predicted octanol–water partition coefficient (Wildman–Crippen LogP) is 5.20. The van der Waals surface area contributed by atoms with Crippen LogP contribution in [0.1, 0.15) is 25.0 Å². The second-order valence-corrected chi connectivity index (χ2v) is 7.41. The van der Waals surface area contributed by atoms with Crippen LogP contribution in [0.25, 0.3) is 10.8 Å². The number of rotatable bonds is 8. The fourth-order valence-electron chi connectivity index (χ4n) is 3.26. The summed E-state index contributed by atoms with van der Waals surface area (Å²) in [6, 6.07) is 22.6. The molecule has 0 aliphatic heterocycles. The number of benzene rings is 3. The minimum atomic E-state index is -0.0706. The molecule has 0 heterocycles. The standard InChI is InChI=1S/C24H26N2O2S/c1-4-26(5-2)23(27)17-28-25-24(19-13-15-20(29-3)16-14-19)22-12-8-10-18-9-6-7-11-21(18)22/h6-16H,4-5,17H2,1-3H3/b25-24+. The molecule has 1 amide bonds. The Morgan fingerprint density at radius 1 is 0.966 bits per heavy atom. The highest BCUT2D eigenvalue weighted by molar-refractivity contribution is 7.98. The summed E-state index contributed by atoms with van der Waals surface area (Å²) in [5.41, 5.74) is 2.66. The van der Waals surface area contributed by atoms with E-state index in [-0.39, 0.29) is 12.5 Å². The van der Waals surface area contributed by atoms with Crippen LogP contribution in [0, 0.1) is 0 Å². The summed E-state index contributed by atoms with van der Waals surface area (Å²) in [7, 11) is 0. The number of hydrogen-bond acceptors (Lipinski definition) is 4. The summed E-state index contributed by atoms with van der Waals surface area (Å²) in [6.45, 7) is 5.17. The van der Waals surface area contributed by atoms with Gasteiger partial charge in [0.15, 0.2) is 6.61 Å². The number of carbonyl (C=O) groups excluding carboxylic acids is 1. The largest absolute Gasteiger partial charge is 0.385 e. The molecule has 3 aromatic carbocycles. The van der Waals surface area contributed by atoms with E-state index in [9.17, 15) is 4.79 Å². The number of hydrogen-bond donors (Lipinski definition) is 0. The fraction of sp³-hybridized carbons (Fsp3) is 0.250. The highest BCUT2D eigenvalue weighted by atomic mass is 32.2. The van der Waals surface area contributed by atoms with Crippen molar-refractivity contribution in [2.24, 2.45) is 5.16 Å². The first-order valence-corrected chi connectivity index (χ1v) is 11.0. The Bertz CT molecular complexity index is 990. The quantitative estimate of drug-likeness (QED) is 0.293. The molecular formula is C24H26N2O2S. The smallest absolute Gasteiger partial charge is 0.263 e. The zero-order chi connectivity index (χ0) is 20.6. The summed E-state index contributed by atoms with van der Waals surface area (Å²) in [5.74, 6) is -0.0613. The van der Waals surface area contributed by atoms with Gasteiger partial charge in [0.05, 0.1) is 0 Å². The van der Waals surface area contributed by atoms with E-state index in [0.29, 0.717) is 13.1 Å². The van der Waals surface area contributed by atoms with Crippen molar-refractivity contribution in [1.29, 1.82) is 0 Å². The van der Waals surface area contributed by atoms with Crippen molar-refractivity contribution < 1.29 is 9.63 Å². The second kappa shape index (κ2) is 10.1. The predicted molar refractivity (Wildman–Crippen MR) is 122 cm³/mol. The maximum absolute atomic E-state index is 12.3. The van der Waals surface area contributed by atoms with Gasteiger partial charge in [0.25, 0.3) is 5.91 Å². The monoisotopic (exact) mass is 406 g/mol. The van der Waals surface area contributed by atoms with E-state index in [1.807, 2.05) is 50.2 Å². The van der Waals surface area contributed by atoms with Crippen LogP contribution in [0.3, 0.4) is 0 Å². The third kappa shape index (κ3) is 4.98. The molecule has 0 aliphatic carbocycles. The molecule has 0 saturated heterocycles. The number of amides is 1. The molecule has 0 unspecified atom stereocenters. The van der Waals surface area contributed by atoms with Crippen LogP contribution in [-0.2, 0) is 9.63 Å². The van der Waals surface area contributed by atoms with Gasteiger partial charge in [0.2, 0.25) is 0 Å². The van der Waals surface area contributed by atoms with Gasteiger partial charge in [-0.2, -0.15) is 0 Å². The molecule has 0 aromatic heterocycles. The summed E-state index contributed by atoms with van der Waals surface area (Å²) < 4.78 is 0. The van der Waals surface area contributed by atoms with E-state index in [4.69, 9.17) is 4.84 Å². The molecule has 0 fully saturated rings. The van der Waals surface area contributed by atoms with E-state index in [0.717, 1.165) is 27.6 Å². The first-order chi connectivity index (χ1) is 14.2. The molecule has 3 rings (SSSR count). The van der Waals surface area contributed by atoms with Crippen LogP contribution in [-0.4, -0.2) is 42.5 Å². The molecule has 0 atom stereocenters. The molecule has 5 heteroatoms. The molecule has 29 heavy (non-hydrogen) atoms. The van der Waals surface area contributed by atoms with Gasteiger partial charge in [0.1, 0.15) is 5.71 Å². The molecular weight excluding hydrogens is 380 g/mol. The van der Waals surface area contributed by atoms with E-state index in [2.05, 4.69) is 41.7 Å². The maximum atomic E-state index is 12.3. The minimum Gasteiger partial charge on any atom is -0.385 e. The van der Waals surface area contributed by atoms with Crippen molar-refractivity contribution in [1.82, 2.24) is 4.90 Å². The van der Waals surface area contributed by atoms with Crippen LogP contribution in [0.15, 0.2) is 76.8 Å². The highest BCUT2D eigenvalue weighted by Crippen LogP contribution is 2.24. The molecule has 0 spiro atoms. The number of oxime groups is 1. The SMILES string of the molecule is CCN(CC)C(=O)CO/N=C(\c1ccc(SC)cc1)c1cccc2ccccc12. The lowest BCUT2D eigenvalue weighted by atomic mass is 9.97. The van der Waals surface area contributed by atoms with Crippen molar-refractivity contribution >= 4 is 34.2 Å². The second-order valence-electron chi connectivity index (χ2n) is 6.53. The summed E-state index contributed by atoms with van der Waals surface area (Å²) in [4.78, 5) is 20.8. The van der Waals surface area contributed by atoms with Gasteiger partial charge in [-0.05, 0) is 43.0 Å². The fourth-order valence-corrected chi connectivity index (χ4v) is 3.67. The van der Waals surface area contributed by atoms with E-state index >= 15 is 0 Å². The zero-order valence-electron chi connectivity index (χ0n) is 17.1. The van der Waals surface area contributed by atoms with Crippen molar-refractivity contribution in [2.45, 2.75) is 18.7 Å². The molecule has 0 radical (unpaired) electrons. The molecule has 4 nitrogen and oxygen atoms in total. The lowest BCUT2D eigenvalue weighted by Crippen LogP contribution is -2.33. The third-order valence-corrected chi connectivity index (χ3v) is 5.61. The number of carbonyl (C=O) groups is 1. The number of thioether (sulfide) groups is 1. The highest BCUT2D eigenvalue weighted by Gasteiger charge is 2.14. The molecule has 0 N–H and O–H groups in total. The first-order valence-electron chi connectivity index (χ1n) is 9.78. The summed E-state index contributed by atoms with van der Waals surface area (Å²) in [6.07, 6.45) is 2.05. The lowest BCUT2D eigenvalue weighted by Gasteiger charge is -2.17. The van der Waals surface area contributed by atoms with Gasteiger partial charge >= 0.3 is 0 Å². The van der Waals surface area contributed by atoms with Gasteiger partial charge in [-0.3, -0.25) is 4.79 Å². The topological polar surface area (TPSA) is 41.9 Å². The van der Waals surface area contributed by atoms with Gasteiger partial charge in [0, 0.05) is 29.1 Å². The van der Waals surface area contributed by atoms with Gasteiger partial charge in [-0.25, -0.2) is 0 Å². The summed E-state index contributed by atoms with van der Waals surface area (Å²) in [5, 5.41) is 6.66. The van der Waals surface area contributed by atoms with E-state index < -0.39 is 0 Å². The van der Waals surface area contributed by atoms with Crippen molar-refractivity contribution in [2.75, 3.05) is 26.0 Å². The zero-order valence-corrected chi connectivity index (χ0v) is 17.9. The van der Waals surface area contributed by atoms with Gasteiger partial charge in [-0.15, -0.1) is 11.8 Å². The molecule has 0 aliphatic rings. The first kappa shape index (κ1) is 20.9. The van der Waals surface area contributed by atoms with Crippen LogP contribution in [0.2, 0.25) is 0 Å². The van der Waals surface area contributed by atoms with Gasteiger partial charge < -0.3 is 9.74 Å². The average molecular weight is 407 g/mol.